The zero-order valence-electron chi connectivity index (χ0n) is 15.5. The number of thiophene rings is 1. The van der Waals surface area contributed by atoms with Crippen molar-refractivity contribution in [3.63, 3.8) is 0 Å². The van der Waals surface area contributed by atoms with Gasteiger partial charge in [-0.05, 0) is 73.3 Å². The zero-order chi connectivity index (χ0) is 19.6. The van der Waals surface area contributed by atoms with Crippen LogP contribution in [0.1, 0.15) is 49.9 Å². The van der Waals surface area contributed by atoms with Crippen LogP contribution >= 0.6 is 11.3 Å². The molecule has 1 aliphatic heterocycles. The van der Waals surface area contributed by atoms with Crippen LogP contribution in [0, 0.1) is 0 Å². The molecule has 1 fully saturated rings. The lowest BCUT2D eigenvalue weighted by atomic mass is 10.1. The molecule has 0 aliphatic carbocycles. The molecule has 27 heavy (non-hydrogen) atoms. The van der Waals surface area contributed by atoms with Gasteiger partial charge in [-0.2, -0.15) is 11.3 Å². The largest absolute Gasteiger partial charge is 0.348 e. The summed E-state index contributed by atoms with van der Waals surface area (Å²) in [6.07, 6.45) is 2.15. The number of nitrogens with two attached hydrogens (primary N) is 1. The molecule has 6 nitrogen and oxygen atoms in total. The summed E-state index contributed by atoms with van der Waals surface area (Å²) in [6.45, 7) is 4.74. The van der Waals surface area contributed by atoms with Gasteiger partial charge in [-0.1, -0.05) is 12.1 Å². The minimum absolute atomic E-state index is 0.0276. The molecule has 1 saturated heterocycles. The average Bonchev–Trinajstić information content (AvgIpc) is 3.31. The molecule has 0 spiro atoms. The highest BCUT2D eigenvalue weighted by Gasteiger charge is 2.33. The van der Waals surface area contributed by atoms with Gasteiger partial charge in [-0.15, -0.1) is 0 Å². The second kappa shape index (κ2) is 8.10. The molecule has 3 rings (SSSR count). The Morgan fingerprint density at radius 3 is 2.56 bits per heavy atom. The smallest absolute Gasteiger partial charge is 0.238 e. The number of amides is 1. The molecule has 0 bridgehead atoms. The van der Waals surface area contributed by atoms with Gasteiger partial charge in [-0.3, -0.25) is 9.69 Å². The summed E-state index contributed by atoms with van der Waals surface area (Å²) in [5, 5.41) is 12.4. The fraction of sp³-hybridized carbons (Fsp3) is 0.421. The lowest BCUT2D eigenvalue weighted by Crippen LogP contribution is -2.45. The van der Waals surface area contributed by atoms with Crippen LogP contribution in [0.4, 0.5) is 0 Å². The first-order valence-electron chi connectivity index (χ1n) is 8.98. The maximum Gasteiger partial charge on any atom is 0.238 e. The van der Waals surface area contributed by atoms with Crippen LogP contribution in [0.25, 0.3) is 0 Å². The van der Waals surface area contributed by atoms with Crippen LogP contribution in [-0.4, -0.2) is 31.8 Å². The van der Waals surface area contributed by atoms with Crippen molar-refractivity contribution < 1.29 is 13.2 Å². The molecular weight excluding hydrogens is 382 g/mol. The van der Waals surface area contributed by atoms with Crippen molar-refractivity contribution in [1.29, 1.82) is 0 Å². The molecule has 8 heteroatoms. The minimum atomic E-state index is -3.71. The van der Waals surface area contributed by atoms with Gasteiger partial charge in [0.15, 0.2) is 0 Å². The van der Waals surface area contributed by atoms with Crippen LogP contribution in [0.5, 0.6) is 0 Å². The highest BCUT2D eigenvalue weighted by Crippen LogP contribution is 2.34. The van der Waals surface area contributed by atoms with E-state index in [1.807, 2.05) is 13.8 Å². The Morgan fingerprint density at radius 2 is 1.96 bits per heavy atom. The maximum atomic E-state index is 12.8. The zero-order valence-corrected chi connectivity index (χ0v) is 17.1. The number of carbonyl (C=O) groups is 1. The van der Waals surface area contributed by atoms with Crippen molar-refractivity contribution in [3.8, 4) is 0 Å². The quantitative estimate of drug-likeness (QED) is 0.770. The Morgan fingerprint density at radius 1 is 1.26 bits per heavy atom. The van der Waals surface area contributed by atoms with Gasteiger partial charge >= 0.3 is 0 Å². The first-order valence-corrected chi connectivity index (χ1v) is 11.5. The van der Waals surface area contributed by atoms with Crippen molar-refractivity contribution >= 4 is 27.3 Å². The fourth-order valence-electron chi connectivity index (χ4n) is 3.59. The summed E-state index contributed by atoms with van der Waals surface area (Å²) >= 11 is 1.68. The van der Waals surface area contributed by atoms with Gasteiger partial charge in [0.05, 0.1) is 17.0 Å². The van der Waals surface area contributed by atoms with E-state index in [9.17, 15) is 13.2 Å². The predicted octanol–water partition coefficient (Wildman–Crippen LogP) is 2.80. The third-order valence-electron chi connectivity index (χ3n) is 5.17. The van der Waals surface area contributed by atoms with Gasteiger partial charge in [0.1, 0.15) is 0 Å². The molecule has 1 amide bonds. The van der Waals surface area contributed by atoms with E-state index in [0.29, 0.717) is 6.04 Å². The SMILES string of the molecule is C[C@H](NC(=O)[C@H](C)N1CCC[C@@H]1c1ccsc1)c1ccc(S(N)(=O)=O)cc1. The van der Waals surface area contributed by atoms with Crippen molar-refractivity contribution in [2.24, 2.45) is 5.14 Å². The number of nitrogens with one attached hydrogen (secondary N) is 1. The molecule has 2 heterocycles. The number of likely N-dealkylation sites (tertiary alicyclic amines) is 1. The summed E-state index contributed by atoms with van der Waals surface area (Å²) in [5.74, 6) is -0.0276. The molecule has 0 unspecified atom stereocenters. The second-order valence-electron chi connectivity index (χ2n) is 6.97. The molecule has 3 atom stereocenters. The van der Waals surface area contributed by atoms with Crippen LogP contribution in [-0.2, 0) is 14.8 Å². The molecule has 1 aromatic carbocycles. The van der Waals surface area contributed by atoms with Gasteiger partial charge in [-0.25, -0.2) is 13.6 Å². The number of primary sulfonamides is 1. The Bertz CT molecular complexity index is 879. The Hall–Kier alpha value is -1.74. The van der Waals surface area contributed by atoms with Crippen molar-refractivity contribution in [2.45, 2.75) is 49.7 Å². The van der Waals surface area contributed by atoms with Crippen LogP contribution in [0.2, 0.25) is 0 Å². The molecule has 0 saturated carbocycles. The van der Waals surface area contributed by atoms with Crippen molar-refractivity contribution in [2.75, 3.05) is 6.54 Å². The van der Waals surface area contributed by atoms with E-state index in [2.05, 4.69) is 27.0 Å². The summed E-state index contributed by atoms with van der Waals surface area (Å²) in [5.41, 5.74) is 2.11. The van der Waals surface area contributed by atoms with E-state index in [1.54, 1.807) is 23.5 Å². The first kappa shape index (κ1) is 20.0. The molecule has 146 valence electrons. The summed E-state index contributed by atoms with van der Waals surface area (Å²) in [6, 6.07) is 8.25. The van der Waals surface area contributed by atoms with E-state index >= 15 is 0 Å². The van der Waals surface area contributed by atoms with Crippen molar-refractivity contribution in [1.82, 2.24) is 10.2 Å². The lowest BCUT2D eigenvalue weighted by molar-refractivity contribution is -0.126. The van der Waals surface area contributed by atoms with E-state index in [0.717, 1.165) is 24.9 Å². The predicted molar refractivity (Wildman–Crippen MR) is 107 cm³/mol. The highest BCUT2D eigenvalue weighted by atomic mass is 32.2. The first-order chi connectivity index (χ1) is 12.8. The molecule has 0 radical (unpaired) electrons. The molecule has 3 N–H and O–H groups in total. The average molecular weight is 408 g/mol. The fourth-order valence-corrected chi connectivity index (χ4v) is 4.81. The standard InChI is InChI=1S/C19H25N3O3S2/c1-13(15-5-7-17(8-6-15)27(20,24)25)21-19(23)14(2)22-10-3-4-18(22)16-9-11-26-12-16/h5-9,11-14,18H,3-4,10H2,1-2H3,(H,21,23)(H2,20,24,25)/t13-,14-,18+/m0/s1. The number of hydrogen-bond donors (Lipinski definition) is 2. The number of sulfonamides is 1. The van der Waals surface area contributed by atoms with Gasteiger partial charge < -0.3 is 5.32 Å². The number of nitrogens with zero attached hydrogens (tertiary/aromatic N) is 1. The summed E-state index contributed by atoms with van der Waals surface area (Å²) < 4.78 is 22.7. The third kappa shape index (κ3) is 4.57. The monoisotopic (exact) mass is 407 g/mol. The topological polar surface area (TPSA) is 92.5 Å². The Kier molecular flexibility index (Phi) is 6.00. The van der Waals surface area contributed by atoms with Crippen LogP contribution in [0.3, 0.4) is 0 Å². The molecule has 1 aliphatic rings. The van der Waals surface area contributed by atoms with E-state index in [4.69, 9.17) is 5.14 Å². The lowest BCUT2D eigenvalue weighted by Gasteiger charge is -2.30. The van der Waals surface area contributed by atoms with Gasteiger partial charge in [0.2, 0.25) is 15.9 Å². The number of benzene rings is 1. The highest BCUT2D eigenvalue weighted by molar-refractivity contribution is 7.89. The molecule has 1 aromatic heterocycles. The summed E-state index contributed by atoms with van der Waals surface area (Å²) in [7, 11) is -3.71. The normalized spacial score (nSPS) is 20.3. The number of hydrogen-bond acceptors (Lipinski definition) is 5. The Labute approximate surface area is 164 Å². The van der Waals surface area contributed by atoms with Gasteiger partial charge in [0, 0.05) is 6.04 Å². The van der Waals surface area contributed by atoms with E-state index in [-0.39, 0.29) is 22.9 Å². The molecule has 2 aromatic rings. The third-order valence-corrected chi connectivity index (χ3v) is 6.80. The summed E-state index contributed by atoms with van der Waals surface area (Å²) in [4.78, 5) is 15.1. The van der Waals surface area contributed by atoms with Crippen LogP contribution < -0.4 is 10.5 Å². The minimum Gasteiger partial charge on any atom is -0.348 e. The number of rotatable bonds is 6. The van der Waals surface area contributed by atoms with E-state index < -0.39 is 10.0 Å². The van der Waals surface area contributed by atoms with E-state index in [1.165, 1.54) is 17.7 Å². The van der Waals surface area contributed by atoms with Crippen molar-refractivity contribution in [3.05, 3.63) is 52.2 Å². The number of carbonyl (C=O) groups excluding carboxylic acids is 1. The second-order valence-corrected chi connectivity index (χ2v) is 9.31. The maximum absolute atomic E-state index is 12.8. The van der Waals surface area contributed by atoms with Crippen LogP contribution in [0.15, 0.2) is 46.0 Å². The Balaban J connectivity index is 1.65. The molecular formula is C19H25N3O3S2. The van der Waals surface area contributed by atoms with Gasteiger partial charge in [0.25, 0.3) is 0 Å².